The van der Waals surface area contributed by atoms with Crippen LogP contribution >= 0.6 is 0 Å². The fourth-order valence-corrected chi connectivity index (χ4v) is 4.52. The molecule has 1 N–H and O–H groups in total. The second-order valence-corrected chi connectivity index (χ2v) is 7.52. The molecular formula is C21H25N3O2. The molecule has 1 aliphatic heterocycles. The largest absolute Gasteiger partial charge is 0.336 e. The Balaban J connectivity index is 1.63. The summed E-state index contributed by atoms with van der Waals surface area (Å²) in [5.74, 6) is 1.13. The van der Waals surface area contributed by atoms with Crippen LogP contribution in [-0.2, 0) is 17.8 Å². The summed E-state index contributed by atoms with van der Waals surface area (Å²) in [6, 6.07) is 10.2. The first kappa shape index (κ1) is 17.0. The van der Waals surface area contributed by atoms with E-state index < -0.39 is 0 Å². The summed E-state index contributed by atoms with van der Waals surface area (Å²) in [5, 5.41) is 0. The van der Waals surface area contributed by atoms with Crippen molar-refractivity contribution in [3.05, 3.63) is 63.3 Å². The number of benzene rings is 1. The van der Waals surface area contributed by atoms with Crippen LogP contribution in [0.25, 0.3) is 0 Å². The van der Waals surface area contributed by atoms with E-state index in [9.17, 15) is 9.59 Å². The first-order valence-electron chi connectivity index (χ1n) is 9.56. The highest BCUT2D eigenvalue weighted by Crippen LogP contribution is 2.39. The maximum atomic E-state index is 13.5. The zero-order chi connectivity index (χ0) is 18.1. The van der Waals surface area contributed by atoms with E-state index in [2.05, 4.69) is 22.1 Å². The highest BCUT2D eigenvalue weighted by Gasteiger charge is 2.36. The maximum Gasteiger partial charge on any atom is 0.254 e. The highest BCUT2D eigenvalue weighted by molar-refractivity contribution is 5.84. The number of aromatic nitrogens is 2. The number of hydrogen-bond acceptors (Lipinski definition) is 3. The summed E-state index contributed by atoms with van der Waals surface area (Å²) in [5.41, 5.74) is 2.54. The van der Waals surface area contributed by atoms with Gasteiger partial charge < -0.3 is 9.88 Å². The first-order chi connectivity index (χ1) is 12.6. The van der Waals surface area contributed by atoms with Crippen molar-refractivity contribution < 1.29 is 4.79 Å². The topological polar surface area (TPSA) is 66.1 Å². The van der Waals surface area contributed by atoms with Gasteiger partial charge in [0.1, 0.15) is 5.82 Å². The molecule has 5 heteroatoms. The van der Waals surface area contributed by atoms with Gasteiger partial charge in [0.25, 0.3) is 5.56 Å². The van der Waals surface area contributed by atoms with Crippen molar-refractivity contribution in [2.75, 3.05) is 6.54 Å². The highest BCUT2D eigenvalue weighted by atomic mass is 16.2. The minimum absolute atomic E-state index is 0.0602. The molecule has 1 fully saturated rings. The number of aryl methyl sites for hydroxylation is 1. The second kappa shape index (κ2) is 7.06. The fraction of sp³-hybridized carbons (Fsp3) is 0.476. The molecule has 1 saturated carbocycles. The molecular weight excluding hydrogens is 326 g/mol. The fourth-order valence-electron chi connectivity index (χ4n) is 4.52. The Morgan fingerprint density at radius 1 is 1.23 bits per heavy atom. The predicted molar refractivity (Wildman–Crippen MR) is 99.9 cm³/mol. The van der Waals surface area contributed by atoms with Gasteiger partial charge in [-0.05, 0) is 37.7 Å². The summed E-state index contributed by atoms with van der Waals surface area (Å²) in [7, 11) is 0. The SMILES string of the molecule is Cc1nc2c(c(=O)[nH]1)CCN(C(=O)[C@@H](c1ccccc1)C1CCCC1)C2. The third-order valence-corrected chi connectivity index (χ3v) is 5.80. The Hall–Kier alpha value is -2.43. The third-order valence-electron chi connectivity index (χ3n) is 5.80. The molecule has 2 heterocycles. The van der Waals surface area contributed by atoms with Crippen LogP contribution in [0.2, 0.25) is 0 Å². The smallest absolute Gasteiger partial charge is 0.254 e. The van der Waals surface area contributed by atoms with Crippen LogP contribution in [0.4, 0.5) is 0 Å². The second-order valence-electron chi connectivity index (χ2n) is 7.52. The van der Waals surface area contributed by atoms with Gasteiger partial charge >= 0.3 is 0 Å². The van der Waals surface area contributed by atoms with Crippen LogP contribution in [0.1, 0.15) is 54.2 Å². The van der Waals surface area contributed by atoms with Crippen LogP contribution in [0, 0.1) is 12.8 Å². The van der Waals surface area contributed by atoms with Gasteiger partial charge in [-0.3, -0.25) is 9.59 Å². The molecule has 0 radical (unpaired) electrons. The Morgan fingerprint density at radius 3 is 2.69 bits per heavy atom. The van der Waals surface area contributed by atoms with E-state index in [1.165, 1.54) is 12.8 Å². The molecule has 4 rings (SSSR count). The lowest BCUT2D eigenvalue weighted by Crippen LogP contribution is -2.42. The number of hydrogen-bond donors (Lipinski definition) is 1. The van der Waals surface area contributed by atoms with Crippen molar-refractivity contribution in [1.29, 1.82) is 0 Å². The normalized spacial score (nSPS) is 18.6. The molecule has 26 heavy (non-hydrogen) atoms. The molecule has 1 aromatic heterocycles. The number of nitrogens with one attached hydrogen (secondary N) is 1. The monoisotopic (exact) mass is 351 g/mol. The zero-order valence-electron chi connectivity index (χ0n) is 15.2. The quantitative estimate of drug-likeness (QED) is 0.924. The third kappa shape index (κ3) is 3.18. The molecule has 2 aromatic rings. The number of amides is 1. The van der Waals surface area contributed by atoms with Crippen LogP contribution in [0.3, 0.4) is 0 Å². The molecule has 0 bridgehead atoms. The molecule has 0 unspecified atom stereocenters. The number of aromatic amines is 1. The number of carbonyl (C=O) groups excluding carboxylic acids is 1. The van der Waals surface area contributed by atoms with Crippen LogP contribution in [-0.4, -0.2) is 27.3 Å². The molecule has 1 amide bonds. The van der Waals surface area contributed by atoms with Gasteiger partial charge in [0.15, 0.2) is 0 Å². The minimum Gasteiger partial charge on any atom is -0.336 e. The average Bonchev–Trinajstić information content (AvgIpc) is 3.16. The van der Waals surface area contributed by atoms with Gasteiger partial charge in [0.05, 0.1) is 18.2 Å². The summed E-state index contributed by atoms with van der Waals surface area (Å²) in [6.07, 6.45) is 5.23. The van der Waals surface area contributed by atoms with Crippen LogP contribution in [0.15, 0.2) is 35.1 Å². The van der Waals surface area contributed by atoms with Crippen LogP contribution < -0.4 is 5.56 Å². The summed E-state index contributed by atoms with van der Waals surface area (Å²) < 4.78 is 0. The van der Waals surface area contributed by atoms with Gasteiger partial charge in [-0.15, -0.1) is 0 Å². The van der Waals surface area contributed by atoms with Crippen molar-refractivity contribution >= 4 is 5.91 Å². The summed E-state index contributed by atoms with van der Waals surface area (Å²) in [6.45, 7) is 2.82. The summed E-state index contributed by atoms with van der Waals surface area (Å²) in [4.78, 5) is 34.8. The molecule has 0 spiro atoms. The van der Waals surface area contributed by atoms with E-state index in [4.69, 9.17) is 0 Å². The number of H-pyrrole nitrogens is 1. The van der Waals surface area contributed by atoms with E-state index in [-0.39, 0.29) is 17.4 Å². The van der Waals surface area contributed by atoms with Crippen molar-refractivity contribution in [3.63, 3.8) is 0 Å². The van der Waals surface area contributed by atoms with Crippen molar-refractivity contribution in [3.8, 4) is 0 Å². The number of nitrogens with zero attached hydrogens (tertiary/aromatic N) is 2. The minimum atomic E-state index is -0.0802. The lowest BCUT2D eigenvalue weighted by atomic mass is 9.83. The molecule has 0 saturated heterocycles. The van der Waals surface area contributed by atoms with Gasteiger partial charge in [-0.2, -0.15) is 0 Å². The zero-order valence-corrected chi connectivity index (χ0v) is 15.2. The molecule has 5 nitrogen and oxygen atoms in total. The van der Waals surface area contributed by atoms with Gasteiger partial charge in [-0.25, -0.2) is 4.98 Å². The molecule has 1 aromatic carbocycles. The Morgan fingerprint density at radius 2 is 1.96 bits per heavy atom. The van der Waals surface area contributed by atoms with E-state index in [0.29, 0.717) is 31.3 Å². The van der Waals surface area contributed by atoms with Crippen molar-refractivity contribution in [2.45, 2.75) is 51.5 Å². The Labute approximate surface area is 153 Å². The average molecular weight is 351 g/mol. The van der Waals surface area contributed by atoms with Gasteiger partial charge in [0.2, 0.25) is 5.91 Å². The van der Waals surface area contributed by atoms with Crippen molar-refractivity contribution in [1.82, 2.24) is 14.9 Å². The number of rotatable bonds is 3. The first-order valence-corrected chi connectivity index (χ1v) is 9.56. The van der Waals surface area contributed by atoms with Crippen LogP contribution in [0.5, 0.6) is 0 Å². The van der Waals surface area contributed by atoms with E-state index in [1.807, 2.05) is 23.1 Å². The standard InChI is InChI=1S/C21H25N3O2/c1-14-22-18-13-24(12-11-17(18)20(25)23-14)21(26)19(16-9-5-6-10-16)15-7-3-2-4-8-15/h2-4,7-8,16,19H,5-6,9-13H2,1H3,(H,22,23,25)/t19-/m0/s1. The molecule has 136 valence electrons. The van der Waals surface area contributed by atoms with E-state index in [0.717, 1.165) is 29.7 Å². The van der Waals surface area contributed by atoms with Gasteiger partial charge in [-0.1, -0.05) is 43.2 Å². The Kier molecular flexibility index (Phi) is 4.62. The lowest BCUT2D eigenvalue weighted by molar-refractivity contribution is -0.135. The molecule has 1 aliphatic carbocycles. The van der Waals surface area contributed by atoms with E-state index in [1.54, 1.807) is 6.92 Å². The lowest BCUT2D eigenvalue weighted by Gasteiger charge is -2.33. The molecule has 1 atom stereocenters. The predicted octanol–water partition coefficient (Wildman–Crippen LogP) is 2.94. The number of fused-ring (bicyclic) bond motifs is 1. The number of carbonyl (C=O) groups is 1. The molecule has 2 aliphatic rings. The maximum absolute atomic E-state index is 13.5. The summed E-state index contributed by atoms with van der Waals surface area (Å²) >= 11 is 0. The Bertz CT molecular complexity index is 853. The van der Waals surface area contributed by atoms with E-state index >= 15 is 0 Å². The van der Waals surface area contributed by atoms with Gasteiger partial charge in [0, 0.05) is 12.1 Å². The van der Waals surface area contributed by atoms with Crippen molar-refractivity contribution in [2.24, 2.45) is 5.92 Å².